The third-order valence-electron chi connectivity index (χ3n) is 4.02. The number of aryl methyl sites for hydroxylation is 1. The number of nitrogens with zero attached hydrogens (tertiary/aromatic N) is 2. The van der Waals surface area contributed by atoms with Gasteiger partial charge in [0, 0.05) is 31.4 Å². The van der Waals surface area contributed by atoms with Gasteiger partial charge in [-0.05, 0) is 24.5 Å². The highest BCUT2D eigenvalue weighted by Crippen LogP contribution is 2.25. The zero-order valence-electron chi connectivity index (χ0n) is 14.0. The van der Waals surface area contributed by atoms with Crippen LogP contribution >= 0.6 is 0 Å². The molecule has 4 heteroatoms. The first-order valence-electron chi connectivity index (χ1n) is 8.11. The quantitative estimate of drug-likeness (QED) is 0.820. The van der Waals surface area contributed by atoms with Gasteiger partial charge in [-0.25, -0.2) is 0 Å². The molecule has 4 nitrogen and oxygen atoms in total. The number of pyridine rings is 1. The van der Waals surface area contributed by atoms with Crippen molar-refractivity contribution in [1.82, 2.24) is 9.47 Å². The summed E-state index contributed by atoms with van der Waals surface area (Å²) < 4.78 is 1.47. The van der Waals surface area contributed by atoms with Crippen LogP contribution in [0.5, 0.6) is 0 Å². The smallest absolute Gasteiger partial charge is 0.254 e. The summed E-state index contributed by atoms with van der Waals surface area (Å²) in [5, 5.41) is 0. The third kappa shape index (κ3) is 3.89. The number of carbonyl (C=O) groups is 1. The van der Waals surface area contributed by atoms with Crippen LogP contribution in [-0.4, -0.2) is 21.9 Å². The lowest BCUT2D eigenvalue weighted by Crippen LogP contribution is -2.36. The molecule has 0 aliphatic rings. The number of carbonyl (C=O) groups excluding carboxylic acids is 1. The second kappa shape index (κ2) is 7.77. The minimum atomic E-state index is -0.167. The second-order valence-corrected chi connectivity index (χ2v) is 5.70. The first-order chi connectivity index (χ1) is 11.1. The minimum Gasteiger partial charge on any atom is -0.332 e. The topological polar surface area (TPSA) is 42.3 Å². The van der Waals surface area contributed by atoms with Gasteiger partial charge in [-0.2, -0.15) is 0 Å². The van der Waals surface area contributed by atoms with E-state index >= 15 is 0 Å². The van der Waals surface area contributed by atoms with Crippen LogP contribution in [0.15, 0.2) is 53.5 Å². The Labute approximate surface area is 137 Å². The Morgan fingerprint density at radius 2 is 1.87 bits per heavy atom. The molecule has 0 bridgehead atoms. The summed E-state index contributed by atoms with van der Waals surface area (Å²) in [5.74, 6) is -0.0831. The molecule has 0 N–H and O–H groups in total. The van der Waals surface area contributed by atoms with Crippen molar-refractivity contribution >= 4 is 5.91 Å². The van der Waals surface area contributed by atoms with Gasteiger partial charge >= 0.3 is 0 Å². The summed E-state index contributed by atoms with van der Waals surface area (Å²) in [5.41, 5.74) is 1.41. The zero-order chi connectivity index (χ0) is 16.8. The highest BCUT2D eigenvalue weighted by Gasteiger charge is 2.24. The Kier molecular flexibility index (Phi) is 5.74. The van der Waals surface area contributed by atoms with Gasteiger partial charge in [0.15, 0.2) is 0 Å². The molecule has 1 atom stereocenters. The Morgan fingerprint density at radius 3 is 2.43 bits per heavy atom. The van der Waals surface area contributed by atoms with Gasteiger partial charge in [-0.3, -0.25) is 9.59 Å². The summed E-state index contributed by atoms with van der Waals surface area (Å²) in [6.45, 7) is 4.81. The van der Waals surface area contributed by atoms with E-state index in [0.717, 1.165) is 18.4 Å². The number of rotatable bonds is 6. The molecule has 1 aromatic carbocycles. The first-order valence-corrected chi connectivity index (χ1v) is 8.11. The molecule has 122 valence electrons. The van der Waals surface area contributed by atoms with Gasteiger partial charge in [0.25, 0.3) is 11.5 Å². The van der Waals surface area contributed by atoms with Gasteiger partial charge in [-0.15, -0.1) is 0 Å². The number of aromatic nitrogens is 1. The lowest BCUT2D eigenvalue weighted by molar-refractivity contribution is 0.0670. The number of benzene rings is 1. The summed E-state index contributed by atoms with van der Waals surface area (Å²) in [7, 11) is 1.68. The highest BCUT2D eigenvalue weighted by molar-refractivity contribution is 5.94. The van der Waals surface area contributed by atoms with E-state index in [1.54, 1.807) is 19.3 Å². The van der Waals surface area contributed by atoms with E-state index in [1.165, 1.54) is 10.6 Å². The molecular weight excluding hydrogens is 288 g/mol. The average molecular weight is 312 g/mol. The molecule has 0 fully saturated rings. The summed E-state index contributed by atoms with van der Waals surface area (Å²) >= 11 is 0. The Morgan fingerprint density at radius 1 is 1.17 bits per heavy atom. The Hall–Kier alpha value is -2.36. The van der Waals surface area contributed by atoms with Crippen LogP contribution in [0, 0.1) is 0 Å². The largest absolute Gasteiger partial charge is 0.332 e. The second-order valence-electron chi connectivity index (χ2n) is 5.70. The number of hydrogen-bond donors (Lipinski definition) is 0. The van der Waals surface area contributed by atoms with Crippen molar-refractivity contribution in [2.75, 3.05) is 6.54 Å². The van der Waals surface area contributed by atoms with Crippen molar-refractivity contribution in [2.45, 2.75) is 32.7 Å². The zero-order valence-corrected chi connectivity index (χ0v) is 14.0. The third-order valence-corrected chi connectivity index (χ3v) is 4.02. The molecule has 0 unspecified atom stereocenters. The Bertz CT molecular complexity index is 707. The van der Waals surface area contributed by atoms with Crippen LogP contribution in [0.25, 0.3) is 0 Å². The first kappa shape index (κ1) is 17.0. The Balaban J connectivity index is 2.37. The van der Waals surface area contributed by atoms with Crippen LogP contribution in [0.3, 0.4) is 0 Å². The molecule has 2 rings (SSSR count). The van der Waals surface area contributed by atoms with Crippen molar-refractivity contribution in [3.8, 4) is 0 Å². The van der Waals surface area contributed by atoms with Crippen molar-refractivity contribution in [1.29, 1.82) is 0 Å². The van der Waals surface area contributed by atoms with Crippen LogP contribution < -0.4 is 5.56 Å². The lowest BCUT2D eigenvalue weighted by atomic mass is 10.0. The normalized spacial score (nSPS) is 12.0. The fourth-order valence-electron chi connectivity index (χ4n) is 2.80. The summed E-state index contributed by atoms with van der Waals surface area (Å²) in [6, 6.07) is 13.2. The maximum Gasteiger partial charge on any atom is 0.254 e. The molecule has 0 saturated carbocycles. The fraction of sp³-hybridized carbons (Fsp3) is 0.368. The monoisotopic (exact) mass is 312 g/mol. The molecule has 1 amide bonds. The molecule has 1 heterocycles. The minimum absolute atomic E-state index is 0.0210. The van der Waals surface area contributed by atoms with E-state index in [0.29, 0.717) is 12.1 Å². The molecule has 0 aliphatic heterocycles. The van der Waals surface area contributed by atoms with Crippen molar-refractivity contribution in [2.24, 2.45) is 7.05 Å². The van der Waals surface area contributed by atoms with Gasteiger partial charge in [0.1, 0.15) is 0 Å². The van der Waals surface area contributed by atoms with Gasteiger partial charge in [0.05, 0.1) is 6.04 Å². The van der Waals surface area contributed by atoms with Crippen LogP contribution in [-0.2, 0) is 7.05 Å². The summed E-state index contributed by atoms with van der Waals surface area (Å²) in [4.78, 5) is 26.7. The van der Waals surface area contributed by atoms with Gasteiger partial charge < -0.3 is 9.47 Å². The van der Waals surface area contributed by atoms with E-state index in [4.69, 9.17) is 0 Å². The molecule has 0 spiro atoms. The van der Waals surface area contributed by atoms with E-state index in [2.05, 4.69) is 13.8 Å². The standard InChI is InChI=1S/C19H24N2O2/c1-4-12-21(17(5-2)15-9-7-6-8-10-15)19(23)16-11-13-20(3)18(22)14-16/h6-11,13-14,17H,4-5,12H2,1-3H3/t17-/m1/s1. The van der Waals surface area contributed by atoms with Crippen molar-refractivity contribution < 1.29 is 4.79 Å². The highest BCUT2D eigenvalue weighted by atomic mass is 16.2. The predicted molar refractivity (Wildman–Crippen MR) is 92.5 cm³/mol. The van der Waals surface area contributed by atoms with Gasteiger partial charge in [0.2, 0.25) is 0 Å². The van der Waals surface area contributed by atoms with E-state index in [9.17, 15) is 9.59 Å². The fourth-order valence-corrected chi connectivity index (χ4v) is 2.80. The van der Waals surface area contributed by atoms with Gasteiger partial charge in [-0.1, -0.05) is 44.2 Å². The van der Waals surface area contributed by atoms with Crippen LogP contribution in [0.1, 0.15) is 48.7 Å². The number of amides is 1. The van der Waals surface area contributed by atoms with Crippen molar-refractivity contribution in [3.05, 3.63) is 70.1 Å². The van der Waals surface area contributed by atoms with Crippen molar-refractivity contribution in [3.63, 3.8) is 0 Å². The molecule has 0 saturated heterocycles. The SMILES string of the molecule is CCCN(C(=O)c1ccn(C)c(=O)c1)[C@H](CC)c1ccccc1. The van der Waals surface area contributed by atoms with E-state index in [-0.39, 0.29) is 17.5 Å². The molecular formula is C19H24N2O2. The average Bonchev–Trinajstić information content (AvgIpc) is 2.57. The van der Waals surface area contributed by atoms with Crippen LogP contribution in [0.2, 0.25) is 0 Å². The van der Waals surface area contributed by atoms with E-state index < -0.39 is 0 Å². The molecule has 0 aliphatic carbocycles. The maximum absolute atomic E-state index is 12.9. The molecule has 0 radical (unpaired) electrons. The maximum atomic E-state index is 12.9. The lowest BCUT2D eigenvalue weighted by Gasteiger charge is -2.31. The van der Waals surface area contributed by atoms with E-state index in [1.807, 2.05) is 35.2 Å². The van der Waals surface area contributed by atoms with Crippen LogP contribution in [0.4, 0.5) is 0 Å². The predicted octanol–water partition coefficient (Wildman–Crippen LogP) is 3.39. The molecule has 1 aromatic heterocycles. The number of hydrogen-bond acceptors (Lipinski definition) is 2. The molecule has 2 aromatic rings. The summed E-state index contributed by atoms with van der Waals surface area (Å²) in [6.07, 6.45) is 3.35. The molecule has 23 heavy (non-hydrogen) atoms.